The van der Waals surface area contributed by atoms with Crippen LogP contribution in [0.1, 0.15) is 11.1 Å². The first-order valence-electron chi connectivity index (χ1n) is 8.11. The van der Waals surface area contributed by atoms with E-state index in [1.165, 1.54) is 5.56 Å². The molecule has 0 aromatic heterocycles. The normalized spacial score (nSPS) is 16.2. The molecule has 1 aliphatic rings. The molecule has 0 bridgehead atoms. The summed E-state index contributed by atoms with van der Waals surface area (Å²) >= 11 is 0. The first-order chi connectivity index (χ1) is 11.2. The van der Waals surface area contributed by atoms with Crippen molar-refractivity contribution in [1.82, 2.24) is 15.5 Å². The molecule has 128 valence electrons. The van der Waals surface area contributed by atoms with Gasteiger partial charge < -0.3 is 20.1 Å². The van der Waals surface area contributed by atoms with Gasteiger partial charge in [-0.25, -0.2) is 0 Å². The number of benzene rings is 1. The predicted molar refractivity (Wildman–Crippen MR) is 93.2 cm³/mol. The van der Waals surface area contributed by atoms with Gasteiger partial charge in [0.05, 0.1) is 20.3 Å². The van der Waals surface area contributed by atoms with Crippen LogP contribution >= 0.6 is 0 Å². The number of hydrogen-bond donors (Lipinski definition) is 2. The van der Waals surface area contributed by atoms with Crippen molar-refractivity contribution in [2.75, 3.05) is 53.6 Å². The van der Waals surface area contributed by atoms with E-state index < -0.39 is 0 Å². The van der Waals surface area contributed by atoms with E-state index in [1.807, 2.05) is 6.92 Å². The van der Waals surface area contributed by atoms with E-state index in [2.05, 4.69) is 38.7 Å². The smallest absolute Gasteiger partial charge is 0.191 e. The molecule has 1 heterocycles. The molecule has 0 aliphatic carbocycles. The summed E-state index contributed by atoms with van der Waals surface area (Å²) in [5, 5.41) is 6.69. The number of aryl methyl sites for hydroxylation is 1. The van der Waals surface area contributed by atoms with Crippen LogP contribution in [0.25, 0.3) is 0 Å². The lowest BCUT2D eigenvalue weighted by Gasteiger charge is -2.26. The molecule has 2 rings (SSSR count). The van der Waals surface area contributed by atoms with Gasteiger partial charge in [0.15, 0.2) is 5.96 Å². The van der Waals surface area contributed by atoms with Crippen LogP contribution in [0.5, 0.6) is 5.75 Å². The Morgan fingerprint density at radius 1 is 1.30 bits per heavy atom. The molecule has 0 atom stereocenters. The number of guanidine groups is 1. The Bertz CT molecular complexity index is 513. The number of nitrogens with zero attached hydrogens (tertiary/aromatic N) is 2. The fraction of sp³-hybridized carbons (Fsp3) is 0.588. The summed E-state index contributed by atoms with van der Waals surface area (Å²) in [5.74, 6) is 1.73. The minimum absolute atomic E-state index is 0.716. The van der Waals surface area contributed by atoms with Gasteiger partial charge >= 0.3 is 0 Å². The summed E-state index contributed by atoms with van der Waals surface area (Å²) in [6, 6.07) is 6.24. The van der Waals surface area contributed by atoms with Gasteiger partial charge in [0.25, 0.3) is 0 Å². The van der Waals surface area contributed by atoms with Crippen LogP contribution in [0.3, 0.4) is 0 Å². The molecule has 1 aromatic carbocycles. The molecule has 0 radical (unpaired) electrons. The van der Waals surface area contributed by atoms with E-state index in [4.69, 9.17) is 9.47 Å². The fourth-order valence-electron chi connectivity index (χ4n) is 2.54. The topological polar surface area (TPSA) is 58.1 Å². The Hall–Kier alpha value is -1.79. The van der Waals surface area contributed by atoms with Crippen molar-refractivity contribution in [3.05, 3.63) is 29.3 Å². The van der Waals surface area contributed by atoms with E-state index in [0.717, 1.165) is 56.7 Å². The van der Waals surface area contributed by atoms with Gasteiger partial charge in [-0.3, -0.25) is 9.89 Å². The zero-order valence-corrected chi connectivity index (χ0v) is 14.4. The summed E-state index contributed by atoms with van der Waals surface area (Å²) in [7, 11) is 3.49. The van der Waals surface area contributed by atoms with E-state index in [9.17, 15) is 0 Å². The van der Waals surface area contributed by atoms with Gasteiger partial charge in [-0.2, -0.15) is 0 Å². The van der Waals surface area contributed by atoms with Crippen LogP contribution in [-0.4, -0.2) is 64.4 Å². The molecular weight excluding hydrogens is 292 g/mol. The van der Waals surface area contributed by atoms with Crippen LogP contribution in [0.15, 0.2) is 23.2 Å². The van der Waals surface area contributed by atoms with E-state index in [0.29, 0.717) is 6.54 Å². The summed E-state index contributed by atoms with van der Waals surface area (Å²) in [6.07, 6.45) is 0. The molecule has 23 heavy (non-hydrogen) atoms. The van der Waals surface area contributed by atoms with Crippen molar-refractivity contribution in [2.45, 2.75) is 13.5 Å². The SMILES string of the molecule is CN=C(NCCN1CCOCC1)NCc1ccc(C)c(OC)c1. The summed E-state index contributed by atoms with van der Waals surface area (Å²) in [4.78, 5) is 6.66. The Morgan fingerprint density at radius 2 is 2.09 bits per heavy atom. The zero-order valence-electron chi connectivity index (χ0n) is 14.4. The van der Waals surface area contributed by atoms with Crippen molar-refractivity contribution in [3.63, 3.8) is 0 Å². The van der Waals surface area contributed by atoms with Gasteiger partial charge in [-0.15, -0.1) is 0 Å². The lowest BCUT2D eigenvalue weighted by atomic mass is 10.1. The maximum absolute atomic E-state index is 5.36. The Labute approximate surface area is 138 Å². The van der Waals surface area contributed by atoms with E-state index >= 15 is 0 Å². The number of morpholine rings is 1. The highest BCUT2D eigenvalue weighted by atomic mass is 16.5. The standard InChI is InChI=1S/C17H28N4O2/c1-14-4-5-15(12-16(14)22-3)13-20-17(18-2)19-6-7-21-8-10-23-11-9-21/h4-5,12H,6-11,13H2,1-3H3,(H2,18,19,20). The van der Waals surface area contributed by atoms with Crippen molar-refractivity contribution in [1.29, 1.82) is 0 Å². The van der Waals surface area contributed by atoms with Crippen LogP contribution in [0, 0.1) is 6.92 Å². The molecule has 0 spiro atoms. The first-order valence-corrected chi connectivity index (χ1v) is 8.11. The van der Waals surface area contributed by atoms with Crippen molar-refractivity contribution < 1.29 is 9.47 Å². The van der Waals surface area contributed by atoms with Gasteiger partial charge in [0.2, 0.25) is 0 Å². The minimum atomic E-state index is 0.716. The Balaban J connectivity index is 1.74. The number of aliphatic imine (C=N–C) groups is 1. The second-order valence-corrected chi connectivity index (χ2v) is 5.61. The summed E-state index contributed by atoms with van der Waals surface area (Å²) in [6.45, 7) is 8.33. The van der Waals surface area contributed by atoms with Gasteiger partial charge in [0.1, 0.15) is 5.75 Å². The van der Waals surface area contributed by atoms with Gasteiger partial charge in [0, 0.05) is 39.8 Å². The highest BCUT2D eigenvalue weighted by Crippen LogP contribution is 2.18. The molecular formula is C17H28N4O2. The van der Waals surface area contributed by atoms with Crippen LogP contribution < -0.4 is 15.4 Å². The molecule has 2 N–H and O–H groups in total. The third-order valence-electron chi connectivity index (χ3n) is 3.98. The van der Waals surface area contributed by atoms with E-state index in [-0.39, 0.29) is 0 Å². The molecule has 0 unspecified atom stereocenters. The van der Waals surface area contributed by atoms with Gasteiger partial charge in [-0.05, 0) is 24.1 Å². The van der Waals surface area contributed by atoms with Crippen LogP contribution in [0.2, 0.25) is 0 Å². The first kappa shape index (κ1) is 17.6. The second-order valence-electron chi connectivity index (χ2n) is 5.61. The molecule has 0 amide bonds. The highest BCUT2D eigenvalue weighted by Gasteiger charge is 2.09. The summed E-state index contributed by atoms with van der Waals surface area (Å²) in [5.41, 5.74) is 2.31. The number of nitrogens with one attached hydrogen (secondary N) is 2. The number of methoxy groups -OCH3 is 1. The molecule has 1 saturated heterocycles. The number of rotatable bonds is 6. The van der Waals surface area contributed by atoms with Crippen molar-refractivity contribution in [2.24, 2.45) is 4.99 Å². The number of hydrogen-bond acceptors (Lipinski definition) is 4. The third kappa shape index (κ3) is 5.73. The van der Waals surface area contributed by atoms with Gasteiger partial charge in [-0.1, -0.05) is 12.1 Å². The average molecular weight is 320 g/mol. The number of ether oxygens (including phenoxy) is 2. The van der Waals surface area contributed by atoms with E-state index in [1.54, 1.807) is 14.2 Å². The van der Waals surface area contributed by atoms with Crippen molar-refractivity contribution >= 4 is 5.96 Å². The largest absolute Gasteiger partial charge is 0.496 e. The third-order valence-corrected chi connectivity index (χ3v) is 3.98. The quantitative estimate of drug-likeness (QED) is 0.605. The molecule has 0 saturated carbocycles. The second kappa shape index (κ2) is 9.37. The zero-order chi connectivity index (χ0) is 16.5. The molecule has 1 aromatic rings. The molecule has 1 aliphatic heterocycles. The predicted octanol–water partition coefficient (Wildman–Crippen LogP) is 1.00. The maximum atomic E-state index is 5.36. The maximum Gasteiger partial charge on any atom is 0.191 e. The molecule has 6 heteroatoms. The lowest BCUT2D eigenvalue weighted by molar-refractivity contribution is 0.0389. The Morgan fingerprint density at radius 3 is 2.78 bits per heavy atom. The average Bonchev–Trinajstić information content (AvgIpc) is 2.60. The van der Waals surface area contributed by atoms with Crippen LogP contribution in [-0.2, 0) is 11.3 Å². The minimum Gasteiger partial charge on any atom is -0.496 e. The fourth-order valence-corrected chi connectivity index (χ4v) is 2.54. The lowest BCUT2D eigenvalue weighted by Crippen LogP contribution is -2.44. The molecule has 1 fully saturated rings. The molecule has 6 nitrogen and oxygen atoms in total. The summed E-state index contributed by atoms with van der Waals surface area (Å²) < 4.78 is 10.7. The van der Waals surface area contributed by atoms with Crippen molar-refractivity contribution in [3.8, 4) is 5.75 Å². The Kier molecular flexibility index (Phi) is 7.16. The van der Waals surface area contributed by atoms with Crippen LogP contribution in [0.4, 0.5) is 0 Å². The highest BCUT2D eigenvalue weighted by molar-refractivity contribution is 5.79. The monoisotopic (exact) mass is 320 g/mol.